The maximum Gasteiger partial charge on any atom is 0.0443 e. The van der Waals surface area contributed by atoms with Gasteiger partial charge in [0, 0.05) is 109 Å². The molecule has 0 atom stereocenters. The molecule has 0 heterocycles. The van der Waals surface area contributed by atoms with Gasteiger partial charge >= 0.3 is 0 Å². The summed E-state index contributed by atoms with van der Waals surface area (Å²) >= 11 is 0. The van der Waals surface area contributed by atoms with Crippen LogP contribution in [0, 0.1) is 0 Å². The third-order valence-corrected chi connectivity index (χ3v) is 3.26. The molecule has 0 aromatic carbocycles. The van der Waals surface area contributed by atoms with Gasteiger partial charge in [0.2, 0.25) is 0 Å². The first-order chi connectivity index (χ1) is 9.78. The molecule has 0 aliphatic heterocycles. The van der Waals surface area contributed by atoms with E-state index in [-0.39, 0.29) is 69.9 Å². The van der Waals surface area contributed by atoms with Crippen molar-refractivity contribution in [2.24, 2.45) is 0 Å². The summed E-state index contributed by atoms with van der Waals surface area (Å²) < 4.78 is 0. The zero-order valence-electron chi connectivity index (χ0n) is 13.6. The topological polar surface area (TPSA) is 87.4 Å². The molecular weight excluding hydrogens is 356 g/mol. The Morgan fingerprint density at radius 3 is 0.818 bits per heavy atom. The summed E-state index contributed by atoms with van der Waals surface area (Å²) in [5.74, 6) is 0. The van der Waals surface area contributed by atoms with Gasteiger partial charge in [0.05, 0.1) is 0 Å². The van der Waals surface area contributed by atoms with Crippen LogP contribution in [0.25, 0.3) is 0 Å². The number of hydrogen-bond acceptors (Lipinski definition) is 6. The minimum Gasteiger partial charge on any atom is -0.396 e. The molecular formula is C14H32N2O4Ti2. The van der Waals surface area contributed by atoms with Gasteiger partial charge in [-0.3, -0.25) is 0 Å². The molecule has 8 heteroatoms. The Balaban J connectivity index is -0.00000180. The smallest absolute Gasteiger partial charge is 0.0443 e. The standard InChI is InChI=1S/C14H32N2O4.2Ti/c17-11-1-5-15(6-2-12-18)9-10-16(7-3-13-19)8-4-14-20;;/h17-20H,1-14H2;;. The maximum absolute atomic E-state index is 8.91. The van der Waals surface area contributed by atoms with Crippen LogP contribution in [0.2, 0.25) is 0 Å². The molecule has 4 N–H and O–H groups in total. The molecule has 0 saturated carbocycles. The molecule has 0 radical (unpaired) electrons. The Morgan fingerprint density at radius 2 is 0.636 bits per heavy atom. The molecule has 0 bridgehead atoms. The average molecular weight is 388 g/mol. The van der Waals surface area contributed by atoms with Gasteiger partial charge in [0.25, 0.3) is 0 Å². The second kappa shape index (κ2) is 22.2. The first-order valence-electron chi connectivity index (χ1n) is 7.66. The van der Waals surface area contributed by atoms with Crippen LogP contribution in [0.3, 0.4) is 0 Å². The normalized spacial score (nSPS) is 10.6. The minimum absolute atomic E-state index is 0. The van der Waals surface area contributed by atoms with Crippen molar-refractivity contribution < 1.29 is 63.9 Å². The molecule has 0 aliphatic rings. The second-order valence-electron chi connectivity index (χ2n) is 4.99. The van der Waals surface area contributed by atoms with Crippen molar-refractivity contribution in [1.29, 1.82) is 0 Å². The Bertz CT molecular complexity index is 170. The van der Waals surface area contributed by atoms with Gasteiger partial charge in [-0.1, -0.05) is 0 Å². The number of rotatable bonds is 15. The van der Waals surface area contributed by atoms with E-state index in [4.69, 9.17) is 20.4 Å². The summed E-state index contributed by atoms with van der Waals surface area (Å²) in [6, 6.07) is 0. The third-order valence-electron chi connectivity index (χ3n) is 3.26. The van der Waals surface area contributed by atoms with E-state index in [0.29, 0.717) is 0 Å². The summed E-state index contributed by atoms with van der Waals surface area (Å²) in [7, 11) is 0. The molecule has 0 rings (SSSR count). The summed E-state index contributed by atoms with van der Waals surface area (Å²) in [5.41, 5.74) is 0. The van der Waals surface area contributed by atoms with Crippen molar-refractivity contribution in [2.45, 2.75) is 25.7 Å². The summed E-state index contributed by atoms with van der Waals surface area (Å²) in [5, 5.41) is 35.6. The van der Waals surface area contributed by atoms with Crippen molar-refractivity contribution in [3.05, 3.63) is 0 Å². The molecule has 6 nitrogen and oxygen atoms in total. The fraction of sp³-hybridized carbons (Fsp3) is 1.00. The van der Waals surface area contributed by atoms with Crippen LogP contribution in [0.1, 0.15) is 25.7 Å². The second-order valence-corrected chi connectivity index (χ2v) is 4.99. The SMILES string of the molecule is OCCCN(CCCO)CCN(CCCO)CCCO.[Ti].[Ti]. The van der Waals surface area contributed by atoms with E-state index in [2.05, 4.69) is 9.80 Å². The van der Waals surface area contributed by atoms with Crippen LogP contribution in [0.4, 0.5) is 0 Å². The maximum atomic E-state index is 8.91. The predicted octanol–water partition coefficient (Wildman–Crippen LogP) is -0.885. The Morgan fingerprint density at radius 1 is 0.409 bits per heavy atom. The zero-order valence-corrected chi connectivity index (χ0v) is 16.7. The molecule has 130 valence electrons. The molecule has 0 aliphatic carbocycles. The van der Waals surface area contributed by atoms with Crippen LogP contribution < -0.4 is 0 Å². The van der Waals surface area contributed by atoms with Crippen LogP contribution >= 0.6 is 0 Å². The van der Waals surface area contributed by atoms with Gasteiger partial charge in [-0.2, -0.15) is 0 Å². The van der Waals surface area contributed by atoms with Gasteiger partial charge in [-0.05, 0) is 25.7 Å². The number of aliphatic hydroxyl groups excluding tert-OH is 4. The molecule has 0 saturated heterocycles. The van der Waals surface area contributed by atoms with E-state index in [0.717, 1.165) is 65.0 Å². The molecule has 0 fully saturated rings. The molecule has 0 unspecified atom stereocenters. The predicted molar refractivity (Wildman–Crippen MR) is 79.7 cm³/mol. The monoisotopic (exact) mass is 388 g/mol. The van der Waals surface area contributed by atoms with Gasteiger partial charge in [-0.15, -0.1) is 0 Å². The summed E-state index contributed by atoms with van der Waals surface area (Å²) in [6.07, 6.45) is 2.99. The Hall–Kier alpha value is 1.19. The summed E-state index contributed by atoms with van der Waals surface area (Å²) in [6.45, 7) is 5.88. The fourth-order valence-electron chi connectivity index (χ4n) is 2.13. The number of nitrogens with zero attached hydrogens (tertiary/aromatic N) is 2. The van der Waals surface area contributed by atoms with E-state index in [1.807, 2.05) is 0 Å². The minimum atomic E-state index is 0. The van der Waals surface area contributed by atoms with Crippen molar-refractivity contribution in [3.8, 4) is 0 Å². The van der Waals surface area contributed by atoms with E-state index >= 15 is 0 Å². The summed E-state index contributed by atoms with van der Waals surface area (Å²) in [4.78, 5) is 4.49. The fourth-order valence-corrected chi connectivity index (χ4v) is 2.13. The van der Waals surface area contributed by atoms with Crippen LogP contribution in [-0.2, 0) is 43.4 Å². The van der Waals surface area contributed by atoms with Gasteiger partial charge < -0.3 is 30.2 Å². The molecule has 0 spiro atoms. The zero-order chi connectivity index (χ0) is 15.1. The van der Waals surface area contributed by atoms with Crippen molar-refractivity contribution in [2.75, 3.05) is 65.7 Å². The number of hydrogen-bond donors (Lipinski definition) is 4. The van der Waals surface area contributed by atoms with E-state index in [9.17, 15) is 0 Å². The molecule has 22 heavy (non-hydrogen) atoms. The average Bonchev–Trinajstić information content (AvgIpc) is 2.48. The first kappa shape index (κ1) is 28.0. The van der Waals surface area contributed by atoms with Gasteiger partial charge in [-0.25, -0.2) is 0 Å². The van der Waals surface area contributed by atoms with Crippen molar-refractivity contribution in [1.82, 2.24) is 9.80 Å². The van der Waals surface area contributed by atoms with Crippen molar-refractivity contribution >= 4 is 0 Å². The Kier molecular flexibility index (Phi) is 28.3. The van der Waals surface area contributed by atoms with E-state index in [1.165, 1.54) is 0 Å². The molecule has 0 aromatic heterocycles. The number of aliphatic hydroxyl groups is 4. The first-order valence-corrected chi connectivity index (χ1v) is 7.66. The van der Waals surface area contributed by atoms with E-state index < -0.39 is 0 Å². The van der Waals surface area contributed by atoms with Crippen molar-refractivity contribution in [3.63, 3.8) is 0 Å². The third kappa shape index (κ3) is 17.5. The van der Waals surface area contributed by atoms with Gasteiger partial charge in [0.15, 0.2) is 0 Å². The molecule has 0 aromatic rings. The van der Waals surface area contributed by atoms with Crippen LogP contribution in [-0.4, -0.2) is 95.9 Å². The van der Waals surface area contributed by atoms with E-state index in [1.54, 1.807) is 0 Å². The Labute approximate surface area is 164 Å². The van der Waals surface area contributed by atoms with Crippen LogP contribution in [0.5, 0.6) is 0 Å². The molecule has 0 amide bonds. The van der Waals surface area contributed by atoms with Gasteiger partial charge in [0.1, 0.15) is 0 Å². The van der Waals surface area contributed by atoms with Crippen LogP contribution in [0.15, 0.2) is 0 Å². The largest absolute Gasteiger partial charge is 0.396 e. The quantitative estimate of drug-likeness (QED) is 0.273.